The number of benzene rings is 2. The van der Waals surface area contributed by atoms with E-state index in [-0.39, 0.29) is 11.6 Å². The lowest BCUT2D eigenvalue weighted by Crippen LogP contribution is -2.43. The van der Waals surface area contributed by atoms with E-state index in [4.69, 9.17) is 0 Å². The molecular weight excluding hydrogens is 320 g/mol. The fourth-order valence-corrected chi connectivity index (χ4v) is 3.15. The Bertz CT molecular complexity index is 852. The van der Waals surface area contributed by atoms with Crippen molar-refractivity contribution in [3.8, 4) is 0 Å². The highest BCUT2D eigenvalue weighted by molar-refractivity contribution is 7.22. The first-order valence-corrected chi connectivity index (χ1v) is 8.53. The highest BCUT2D eigenvalue weighted by Crippen LogP contribution is 2.32. The van der Waals surface area contributed by atoms with Gasteiger partial charge >= 0.3 is 6.03 Å². The Morgan fingerprint density at radius 1 is 1.04 bits per heavy atom. The van der Waals surface area contributed by atoms with Crippen LogP contribution in [0.25, 0.3) is 10.2 Å². The first-order valence-electron chi connectivity index (χ1n) is 7.71. The van der Waals surface area contributed by atoms with E-state index in [2.05, 4.69) is 20.9 Å². The number of nitrogens with one attached hydrogen (secondary N) is 3. The molecule has 0 aliphatic rings. The second-order valence-electron chi connectivity index (χ2n) is 6.49. The molecule has 0 aliphatic heterocycles. The van der Waals surface area contributed by atoms with Crippen molar-refractivity contribution in [3.05, 3.63) is 48.5 Å². The van der Waals surface area contributed by atoms with Gasteiger partial charge in [-0.25, -0.2) is 9.78 Å². The smallest absolute Gasteiger partial charge is 0.319 e. The maximum Gasteiger partial charge on any atom is 0.319 e. The standard InChI is InChI=1S/C18H20N4OS/c1-18(2,3)22-16(23)20-13-10-7-11-14-15(13)21-17(24-14)19-12-8-5-4-6-9-12/h4-11H,1-3H3,(H,19,21)(H2,20,22,23). The van der Waals surface area contributed by atoms with Gasteiger partial charge in [-0.15, -0.1) is 0 Å². The zero-order valence-electron chi connectivity index (χ0n) is 13.9. The maximum atomic E-state index is 12.1. The van der Waals surface area contributed by atoms with Gasteiger partial charge < -0.3 is 16.0 Å². The van der Waals surface area contributed by atoms with Crippen LogP contribution in [0.3, 0.4) is 0 Å². The molecule has 2 amide bonds. The first-order chi connectivity index (χ1) is 11.4. The summed E-state index contributed by atoms with van der Waals surface area (Å²) in [6, 6.07) is 15.4. The number of hydrogen-bond acceptors (Lipinski definition) is 4. The van der Waals surface area contributed by atoms with E-state index in [1.807, 2.05) is 69.3 Å². The van der Waals surface area contributed by atoms with Crippen molar-refractivity contribution in [2.75, 3.05) is 10.6 Å². The number of aromatic nitrogens is 1. The van der Waals surface area contributed by atoms with Crippen LogP contribution in [0.15, 0.2) is 48.5 Å². The molecule has 0 bridgehead atoms. The van der Waals surface area contributed by atoms with E-state index >= 15 is 0 Å². The number of amides is 2. The van der Waals surface area contributed by atoms with Crippen LogP contribution in [0.2, 0.25) is 0 Å². The maximum absolute atomic E-state index is 12.1. The minimum absolute atomic E-state index is 0.236. The zero-order chi connectivity index (χ0) is 17.2. The van der Waals surface area contributed by atoms with Crippen LogP contribution in [-0.4, -0.2) is 16.6 Å². The average Bonchev–Trinajstić information content (AvgIpc) is 2.90. The molecule has 0 spiro atoms. The summed E-state index contributed by atoms with van der Waals surface area (Å²) in [6.45, 7) is 5.83. The molecule has 0 atom stereocenters. The first kappa shape index (κ1) is 16.3. The second-order valence-corrected chi connectivity index (χ2v) is 7.52. The number of fused-ring (bicyclic) bond motifs is 1. The summed E-state index contributed by atoms with van der Waals surface area (Å²) in [4.78, 5) is 16.7. The fourth-order valence-electron chi connectivity index (χ4n) is 2.24. The molecule has 2 aromatic carbocycles. The molecule has 5 nitrogen and oxygen atoms in total. The van der Waals surface area contributed by atoms with E-state index in [1.54, 1.807) is 11.3 Å². The summed E-state index contributed by atoms with van der Waals surface area (Å²) in [7, 11) is 0. The Morgan fingerprint density at radius 2 is 1.79 bits per heavy atom. The van der Waals surface area contributed by atoms with Gasteiger partial charge in [0.1, 0.15) is 5.52 Å². The monoisotopic (exact) mass is 340 g/mol. The van der Waals surface area contributed by atoms with Gasteiger partial charge in [0.05, 0.1) is 10.4 Å². The van der Waals surface area contributed by atoms with E-state index in [1.165, 1.54) is 0 Å². The molecule has 124 valence electrons. The van der Waals surface area contributed by atoms with Gasteiger partial charge in [0.15, 0.2) is 5.13 Å². The van der Waals surface area contributed by atoms with Crippen molar-refractivity contribution in [3.63, 3.8) is 0 Å². The van der Waals surface area contributed by atoms with Gasteiger partial charge in [-0.3, -0.25) is 0 Å². The number of carbonyl (C=O) groups is 1. The third kappa shape index (κ3) is 4.02. The Labute approximate surface area is 145 Å². The van der Waals surface area contributed by atoms with Gasteiger partial charge in [0.25, 0.3) is 0 Å². The van der Waals surface area contributed by atoms with Crippen LogP contribution in [0, 0.1) is 0 Å². The molecule has 0 radical (unpaired) electrons. The molecule has 1 aromatic heterocycles. The summed E-state index contributed by atoms with van der Waals surface area (Å²) in [5, 5.41) is 9.86. The molecule has 24 heavy (non-hydrogen) atoms. The quantitative estimate of drug-likeness (QED) is 0.631. The topological polar surface area (TPSA) is 66.1 Å². The Hall–Kier alpha value is -2.60. The molecule has 0 saturated heterocycles. The van der Waals surface area contributed by atoms with Gasteiger partial charge in [0, 0.05) is 11.2 Å². The van der Waals surface area contributed by atoms with Gasteiger partial charge in [-0.1, -0.05) is 35.6 Å². The highest BCUT2D eigenvalue weighted by Gasteiger charge is 2.15. The van der Waals surface area contributed by atoms with Gasteiger partial charge in [0.2, 0.25) is 0 Å². The van der Waals surface area contributed by atoms with Crippen molar-refractivity contribution in [2.24, 2.45) is 0 Å². The van der Waals surface area contributed by atoms with E-state index < -0.39 is 0 Å². The second kappa shape index (κ2) is 6.49. The average molecular weight is 340 g/mol. The summed E-state index contributed by atoms with van der Waals surface area (Å²) in [5.74, 6) is 0. The van der Waals surface area contributed by atoms with Gasteiger partial charge in [-0.05, 0) is 45.0 Å². The number of carbonyl (C=O) groups excluding carboxylic acids is 1. The SMILES string of the molecule is CC(C)(C)NC(=O)Nc1cccc2sc(Nc3ccccc3)nc12. The summed E-state index contributed by atoms with van der Waals surface area (Å²) in [5.41, 5.74) is 2.17. The van der Waals surface area contributed by atoms with Crippen LogP contribution in [0.1, 0.15) is 20.8 Å². The molecule has 1 heterocycles. The van der Waals surface area contributed by atoms with E-state index in [0.717, 1.165) is 21.0 Å². The van der Waals surface area contributed by atoms with Crippen molar-refractivity contribution in [1.82, 2.24) is 10.3 Å². The highest BCUT2D eigenvalue weighted by atomic mass is 32.1. The number of anilines is 3. The van der Waals surface area contributed by atoms with Gasteiger partial charge in [-0.2, -0.15) is 0 Å². The number of rotatable bonds is 3. The Morgan fingerprint density at radius 3 is 2.50 bits per heavy atom. The number of hydrogen-bond donors (Lipinski definition) is 3. The Balaban J connectivity index is 1.83. The normalized spacial score (nSPS) is 11.3. The van der Waals surface area contributed by atoms with Crippen LogP contribution in [-0.2, 0) is 0 Å². The van der Waals surface area contributed by atoms with Crippen LogP contribution in [0.5, 0.6) is 0 Å². The number of nitrogens with zero attached hydrogens (tertiary/aromatic N) is 1. The molecule has 0 unspecified atom stereocenters. The van der Waals surface area contributed by atoms with Crippen molar-refractivity contribution in [1.29, 1.82) is 0 Å². The van der Waals surface area contributed by atoms with Crippen LogP contribution < -0.4 is 16.0 Å². The molecule has 6 heteroatoms. The summed E-state index contributed by atoms with van der Waals surface area (Å²) in [6.07, 6.45) is 0. The van der Waals surface area contributed by atoms with Crippen molar-refractivity contribution in [2.45, 2.75) is 26.3 Å². The lowest BCUT2D eigenvalue weighted by atomic mass is 10.1. The lowest BCUT2D eigenvalue weighted by molar-refractivity contribution is 0.244. The fraction of sp³-hybridized carbons (Fsp3) is 0.222. The third-order valence-electron chi connectivity index (χ3n) is 3.18. The molecular formula is C18H20N4OS. The number of thiazole rings is 1. The molecule has 0 aliphatic carbocycles. The minimum atomic E-state index is -0.292. The molecule has 3 aromatic rings. The molecule has 3 rings (SSSR count). The zero-order valence-corrected chi connectivity index (χ0v) is 14.7. The predicted octanol–water partition coefficient (Wildman–Crippen LogP) is 4.96. The van der Waals surface area contributed by atoms with Crippen molar-refractivity contribution >= 4 is 44.1 Å². The molecule has 0 fully saturated rings. The third-order valence-corrected chi connectivity index (χ3v) is 4.12. The van der Waals surface area contributed by atoms with E-state index in [9.17, 15) is 4.79 Å². The lowest BCUT2D eigenvalue weighted by Gasteiger charge is -2.20. The predicted molar refractivity (Wildman–Crippen MR) is 101 cm³/mol. The summed E-state index contributed by atoms with van der Waals surface area (Å²) < 4.78 is 1.02. The number of urea groups is 1. The largest absolute Gasteiger partial charge is 0.333 e. The van der Waals surface area contributed by atoms with Crippen LogP contribution >= 0.6 is 11.3 Å². The molecule has 3 N–H and O–H groups in total. The Kier molecular flexibility index (Phi) is 4.40. The van der Waals surface area contributed by atoms with E-state index in [0.29, 0.717) is 5.69 Å². The van der Waals surface area contributed by atoms with Crippen molar-refractivity contribution < 1.29 is 4.79 Å². The molecule has 0 saturated carbocycles. The summed E-state index contributed by atoms with van der Waals surface area (Å²) >= 11 is 1.55. The minimum Gasteiger partial charge on any atom is -0.333 e. The van der Waals surface area contributed by atoms with Crippen LogP contribution in [0.4, 0.5) is 21.3 Å². The number of para-hydroxylation sites is 2.